The molecule has 4 heteroatoms. The van der Waals surface area contributed by atoms with E-state index in [9.17, 15) is 4.79 Å². The van der Waals surface area contributed by atoms with Gasteiger partial charge >= 0.3 is 0 Å². The largest absolute Gasteiger partial charge is 0.338 e. The Kier molecular flexibility index (Phi) is 2.81. The van der Waals surface area contributed by atoms with E-state index in [2.05, 4.69) is 32.5 Å². The van der Waals surface area contributed by atoms with Crippen molar-refractivity contribution in [1.29, 1.82) is 0 Å². The Balaban J connectivity index is 2.21. The van der Waals surface area contributed by atoms with E-state index in [1.54, 1.807) is 4.90 Å². The third-order valence-corrected chi connectivity index (χ3v) is 3.02. The maximum Gasteiger partial charge on any atom is 0.234 e. The molecule has 0 spiro atoms. The first-order valence-electron chi connectivity index (χ1n) is 5.82. The lowest BCUT2D eigenvalue weighted by atomic mass is 9.92. The number of hydrogen-bond donors (Lipinski definition) is 0. The molecule has 0 aromatic carbocycles. The van der Waals surface area contributed by atoms with Gasteiger partial charge in [-0.3, -0.25) is 9.69 Å². The Bertz CT molecular complexity index is 443. The second-order valence-corrected chi connectivity index (χ2v) is 5.50. The number of nitrogens with zero attached hydrogens (tertiary/aromatic N) is 2. The Labute approximate surface area is 101 Å². The van der Waals surface area contributed by atoms with Crippen molar-refractivity contribution in [2.24, 2.45) is 5.92 Å². The van der Waals surface area contributed by atoms with Crippen molar-refractivity contribution in [3.63, 3.8) is 0 Å². The maximum atomic E-state index is 11.8. The molecule has 1 unspecified atom stereocenters. The van der Waals surface area contributed by atoms with Crippen LogP contribution in [0.1, 0.15) is 32.9 Å². The number of aromatic nitrogens is 1. The van der Waals surface area contributed by atoms with Gasteiger partial charge in [-0.25, -0.2) is 0 Å². The van der Waals surface area contributed by atoms with Crippen LogP contribution in [0.5, 0.6) is 0 Å². The van der Waals surface area contributed by atoms with Crippen LogP contribution in [0.2, 0.25) is 0 Å². The minimum absolute atomic E-state index is 0.0671. The van der Waals surface area contributed by atoms with Gasteiger partial charge in [-0.05, 0) is 0 Å². The Morgan fingerprint density at radius 1 is 1.59 bits per heavy atom. The van der Waals surface area contributed by atoms with Crippen molar-refractivity contribution in [1.82, 2.24) is 5.16 Å². The fourth-order valence-corrected chi connectivity index (χ4v) is 1.85. The summed E-state index contributed by atoms with van der Waals surface area (Å²) in [6.07, 6.45) is 2.33. The molecular formula is C13H18N2O2. The molecule has 0 radical (unpaired) electrons. The summed E-state index contributed by atoms with van der Waals surface area (Å²) in [5.74, 6) is 0.835. The molecule has 1 aromatic rings. The topological polar surface area (TPSA) is 46.3 Å². The first-order chi connectivity index (χ1) is 7.91. The second kappa shape index (κ2) is 4.02. The second-order valence-electron chi connectivity index (χ2n) is 5.50. The smallest absolute Gasteiger partial charge is 0.234 e. The zero-order valence-corrected chi connectivity index (χ0v) is 10.6. The van der Waals surface area contributed by atoms with Crippen LogP contribution in [-0.2, 0) is 10.2 Å². The maximum absolute atomic E-state index is 11.8. The summed E-state index contributed by atoms with van der Waals surface area (Å²) >= 11 is 0. The fourth-order valence-electron chi connectivity index (χ4n) is 1.85. The summed E-state index contributed by atoms with van der Waals surface area (Å²) in [6.45, 7) is 10.6. The van der Waals surface area contributed by atoms with Gasteiger partial charge in [0, 0.05) is 30.4 Å². The molecule has 0 bridgehead atoms. The fraction of sp³-hybridized carbons (Fsp3) is 0.538. The van der Waals surface area contributed by atoms with Gasteiger partial charge in [-0.15, -0.1) is 6.58 Å². The van der Waals surface area contributed by atoms with Crippen molar-refractivity contribution in [3.05, 3.63) is 24.4 Å². The SMILES string of the molecule is C=CC1CC(=O)N(c2cc(C(C)(C)C)no2)C1. The number of rotatable bonds is 2. The molecule has 4 nitrogen and oxygen atoms in total. The van der Waals surface area contributed by atoms with Crippen molar-refractivity contribution >= 4 is 11.8 Å². The molecule has 1 aliphatic heterocycles. The minimum atomic E-state index is -0.0671. The van der Waals surface area contributed by atoms with Gasteiger partial charge in [0.15, 0.2) is 0 Å². The van der Waals surface area contributed by atoms with Crippen LogP contribution in [0.4, 0.5) is 5.88 Å². The predicted molar refractivity (Wildman–Crippen MR) is 65.9 cm³/mol. The lowest BCUT2D eigenvalue weighted by Crippen LogP contribution is -2.23. The van der Waals surface area contributed by atoms with Crippen molar-refractivity contribution in [3.8, 4) is 0 Å². The van der Waals surface area contributed by atoms with Gasteiger partial charge in [0.25, 0.3) is 0 Å². The van der Waals surface area contributed by atoms with Crippen LogP contribution < -0.4 is 4.90 Å². The normalized spacial score (nSPS) is 21.0. The molecule has 2 rings (SSSR count). The van der Waals surface area contributed by atoms with E-state index < -0.39 is 0 Å². The first kappa shape index (κ1) is 11.9. The number of carbonyl (C=O) groups is 1. The van der Waals surface area contributed by atoms with Gasteiger partial charge < -0.3 is 4.52 Å². The highest BCUT2D eigenvalue weighted by Gasteiger charge is 2.32. The van der Waals surface area contributed by atoms with Gasteiger partial charge in [0.1, 0.15) is 0 Å². The molecule has 0 N–H and O–H groups in total. The minimum Gasteiger partial charge on any atom is -0.338 e. The third-order valence-electron chi connectivity index (χ3n) is 3.02. The Morgan fingerprint density at radius 2 is 2.29 bits per heavy atom. The predicted octanol–water partition coefficient (Wildman–Crippen LogP) is 2.51. The van der Waals surface area contributed by atoms with E-state index in [1.165, 1.54) is 0 Å². The quantitative estimate of drug-likeness (QED) is 0.739. The zero-order valence-electron chi connectivity index (χ0n) is 10.6. The van der Waals surface area contributed by atoms with E-state index >= 15 is 0 Å². The van der Waals surface area contributed by atoms with E-state index in [0.717, 1.165) is 5.69 Å². The molecule has 2 heterocycles. The van der Waals surface area contributed by atoms with Crippen LogP contribution >= 0.6 is 0 Å². The first-order valence-corrected chi connectivity index (χ1v) is 5.82. The lowest BCUT2D eigenvalue weighted by molar-refractivity contribution is -0.117. The Morgan fingerprint density at radius 3 is 2.76 bits per heavy atom. The highest BCUT2D eigenvalue weighted by atomic mass is 16.5. The van der Waals surface area contributed by atoms with E-state index in [1.807, 2.05) is 12.1 Å². The highest BCUT2D eigenvalue weighted by Crippen LogP contribution is 2.29. The van der Waals surface area contributed by atoms with Crippen LogP contribution in [0, 0.1) is 5.92 Å². The molecule has 17 heavy (non-hydrogen) atoms. The summed E-state index contributed by atoms with van der Waals surface area (Å²) in [5, 5.41) is 4.02. The molecular weight excluding hydrogens is 216 g/mol. The summed E-state index contributed by atoms with van der Waals surface area (Å²) in [7, 11) is 0. The number of amides is 1. The third kappa shape index (κ3) is 2.25. The van der Waals surface area contributed by atoms with Crippen molar-refractivity contribution in [2.75, 3.05) is 11.4 Å². The van der Waals surface area contributed by atoms with Crippen LogP contribution in [0.25, 0.3) is 0 Å². The number of carbonyl (C=O) groups excluding carboxylic acids is 1. The molecule has 92 valence electrons. The van der Waals surface area contributed by atoms with Crippen LogP contribution in [0.15, 0.2) is 23.2 Å². The standard InChI is InChI=1S/C13H18N2O2/c1-5-9-6-11(16)15(8-9)12-7-10(14-17-12)13(2,3)4/h5,7,9H,1,6,8H2,2-4H3. The summed E-state index contributed by atoms with van der Waals surface area (Å²) in [6, 6.07) is 1.85. The zero-order chi connectivity index (χ0) is 12.6. The van der Waals surface area contributed by atoms with Crippen LogP contribution in [-0.4, -0.2) is 17.6 Å². The van der Waals surface area contributed by atoms with Gasteiger partial charge in [-0.2, -0.15) is 0 Å². The average Bonchev–Trinajstić information content (AvgIpc) is 2.82. The summed E-state index contributed by atoms with van der Waals surface area (Å²) < 4.78 is 5.26. The van der Waals surface area contributed by atoms with Gasteiger partial charge in [-0.1, -0.05) is 32.0 Å². The molecule has 1 saturated heterocycles. The lowest BCUT2D eigenvalue weighted by Gasteiger charge is -2.13. The molecule has 1 aliphatic rings. The van der Waals surface area contributed by atoms with Gasteiger partial charge in [0.2, 0.25) is 11.8 Å². The molecule has 1 fully saturated rings. The molecule has 0 saturated carbocycles. The average molecular weight is 234 g/mol. The molecule has 1 amide bonds. The van der Waals surface area contributed by atoms with Crippen LogP contribution in [0.3, 0.4) is 0 Å². The van der Waals surface area contributed by atoms with E-state index in [4.69, 9.17) is 4.52 Å². The van der Waals surface area contributed by atoms with Crippen molar-refractivity contribution in [2.45, 2.75) is 32.6 Å². The molecule has 1 aromatic heterocycles. The van der Waals surface area contributed by atoms with Gasteiger partial charge in [0.05, 0.1) is 5.69 Å². The summed E-state index contributed by atoms with van der Waals surface area (Å²) in [4.78, 5) is 13.4. The van der Waals surface area contributed by atoms with E-state index in [-0.39, 0.29) is 17.2 Å². The monoisotopic (exact) mass is 234 g/mol. The number of hydrogen-bond acceptors (Lipinski definition) is 3. The molecule has 0 aliphatic carbocycles. The summed E-state index contributed by atoms with van der Waals surface area (Å²) in [5.41, 5.74) is 0.796. The molecule has 1 atom stereocenters. The van der Waals surface area contributed by atoms with E-state index in [0.29, 0.717) is 18.8 Å². The highest BCUT2D eigenvalue weighted by molar-refractivity contribution is 5.94. The van der Waals surface area contributed by atoms with Crippen molar-refractivity contribution < 1.29 is 9.32 Å². The number of anilines is 1. The Hall–Kier alpha value is -1.58.